The summed E-state index contributed by atoms with van der Waals surface area (Å²) in [5, 5.41) is 0.763. The second-order valence-electron chi connectivity index (χ2n) is 7.09. The van der Waals surface area contributed by atoms with Crippen molar-refractivity contribution in [2.24, 2.45) is 17.6 Å². The first-order valence-corrected chi connectivity index (χ1v) is 9.02. The third kappa shape index (κ3) is 4.47. The summed E-state index contributed by atoms with van der Waals surface area (Å²) in [6, 6.07) is 6.04. The molecular formula is C19H25ClN2O3. The van der Waals surface area contributed by atoms with Gasteiger partial charge >= 0.3 is 6.09 Å². The molecule has 1 aromatic carbocycles. The zero-order valence-corrected chi connectivity index (χ0v) is 15.3. The number of hydrogen-bond acceptors (Lipinski definition) is 4. The summed E-state index contributed by atoms with van der Waals surface area (Å²) in [4.78, 5) is 12.9. The minimum Gasteiger partial charge on any atom is -0.449 e. The van der Waals surface area contributed by atoms with Gasteiger partial charge in [-0.3, -0.25) is 0 Å². The minimum atomic E-state index is -0.696. The summed E-state index contributed by atoms with van der Waals surface area (Å²) >= 11 is 6.24. The molecular weight excluding hydrogens is 340 g/mol. The van der Waals surface area contributed by atoms with Crippen molar-refractivity contribution in [2.45, 2.75) is 32.5 Å². The van der Waals surface area contributed by atoms with Crippen LogP contribution in [-0.2, 0) is 16.1 Å². The van der Waals surface area contributed by atoms with Gasteiger partial charge in [0, 0.05) is 23.8 Å². The van der Waals surface area contributed by atoms with Gasteiger partial charge in [-0.25, -0.2) is 4.79 Å². The van der Waals surface area contributed by atoms with Crippen molar-refractivity contribution >= 4 is 17.7 Å². The number of carbonyl (C=O) groups is 1. The van der Waals surface area contributed by atoms with E-state index >= 15 is 0 Å². The van der Waals surface area contributed by atoms with Crippen molar-refractivity contribution in [3.8, 4) is 0 Å². The predicted molar refractivity (Wildman–Crippen MR) is 97.2 cm³/mol. The summed E-state index contributed by atoms with van der Waals surface area (Å²) in [6.07, 6.45) is 1.54. The summed E-state index contributed by atoms with van der Waals surface area (Å²) in [5.41, 5.74) is 8.34. The van der Waals surface area contributed by atoms with Gasteiger partial charge in [0.1, 0.15) is 0 Å². The fourth-order valence-electron chi connectivity index (χ4n) is 3.36. The van der Waals surface area contributed by atoms with Gasteiger partial charge in [0.15, 0.2) is 0 Å². The van der Waals surface area contributed by atoms with Crippen molar-refractivity contribution < 1.29 is 14.3 Å². The highest BCUT2D eigenvalue weighted by Gasteiger charge is 2.37. The molecule has 6 heteroatoms. The maximum Gasteiger partial charge on any atom is 0.404 e. The van der Waals surface area contributed by atoms with Gasteiger partial charge in [-0.1, -0.05) is 30.3 Å². The number of ether oxygens (including phenoxy) is 2. The van der Waals surface area contributed by atoms with Crippen LogP contribution in [0.2, 0.25) is 5.02 Å². The molecule has 1 saturated carbocycles. The topological polar surface area (TPSA) is 64.8 Å². The Morgan fingerprint density at radius 1 is 1.40 bits per heavy atom. The number of hydrogen-bond donors (Lipinski definition) is 1. The molecule has 3 rings (SSSR count). The van der Waals surface area contributed by atoms with E-state index in [9.17, 15) is 4.79 Å². The molecule has 2 aliphatic rings. The standard InChI is InChI=1S/C19H25ClN2O3/c1-12-3-4-15(18(20)5-12)11-24-17-8-22(9-17)13(2)16-6-14(7-16)10-25-19(21)23/h3-5,14,16-17H,2,6-11H2,1H3,(H2,21,23). The van der Waals surface area contributed by atoms with Crippen molar-refractivity contribution in [3.05, 3.63) is 46.6 Å². The van der Waals surface area contributed by atoms with E-state index < -0.39 is 6.09 Å². The maximum atomic E-state index is 10.6. The Kier molecular flexibility index (Phi) is 5.54. The number of halogens is 1. The minimum absolute atomic E-state index is 0.225. The predicted octanol–water partition coefficient (Wildman–Crippen LogP) is 3.48. The van der Waals surface area contributed by atoms with E-state index in [0.29, 0.717) is 25.0 Å². The molecule has 0 aromatic heterocycles. The van der Waals surface area contributed by atoms with Crippen LogP contribution in [0.4, 0.5) is 4.79 Å². The zero-order valence-electron chi connectivity index (χ0n) is 14.5. The van der Waals surface area contributed by atoms with Gasteiger partial charge in [0.2, 0.25) is 0 Å². The summed E-state index contributed by atoms with van der Waals surface area (Å²) in [5.74, 6) is 0.889. The van der Waals surface area contributed by atoms with Crippen LogP contribution >= 0.6 is 11.6 Å². The van der Waals surface area contributed by atoms with Gasteiger partial charge in [0.05, 0.1) is 19.3 Å². The lowest BCUT2D eigenvalue weighted by atomic mass is 9.73. The van der Waals surface area contributed by atoms with E-state index in [1.165, 1.54) is 5.70 Å². The van der Waals surface area contributed by atoms with Crippen molar-refractivity contribution in [1.82, 2.24) is 4.90 Å². The first-order chi connectivity index (χ1) is 11.9. The SMILES string of the molecule is C=C(C1CC(COC(N)=O)C1)N1CC(OCc2ccc(C)cc2Cl)C1. The molecule has 0 spiro atoms. The molecule has 0 radical (unpaired) electrons. The van der Waals surface area contributed by atoms with Crippen LogP contribution in [-0.4, -0.2) is 36.8 Å². The summed E-state index contributed by atoms with van der Waals surface area (Å²) in [6.45, 7) is 8.96. The van der Waals surface area contributed by atoms with Crippen LogP contribution in [0.5, 0.6) is 0 Å². The molecule has 25 heavy (non-hydrogen) atoms. The first-order valence-electron chi connectivity index (χ1n) is 8.65. The van der Waals surface area contributed by atoms with Crippen molar-refractivity contribution in [3.63, 3.8) is 0 Å². The Morgan fingerprint density at radius 2 is 2.12 bits per heavy atom. The quantitative estimate of drug-likeness (QED) is 0.804. The second kappa shape index (κ2) is 7.67. The van der Waals surface area contributed by atoms with Crippen LogP contribution in [0.1, 0.15) is 24.0 Å². The third-order valence-electron chi connectivity index (χ3n) is 5.11. The molecule has 136 valence electrons. The highest BCUT2D eigenvalue weighted by Crippen LogP contribution is 2.40. The first kappa shape index (κ1) is 18.1. The molecule has 2 fully saturated rings. The van der Waals surface area contributed by atoms with Crippen LogP contribution < -0.4 is 5.73 Å². The van der Waals surface area contributed by atoms with E-state index in [1.807, 2.05) is 19.1 Å². The van der Waals surface area contributed by atoms with Crippen LogP contribution in [0, 0.1) is 18.8 Å². The number of primary amides is 1. The van der Waals surface area contributed by atoms with Gasteiger partial charge < -0.3 is 20.1 Å². The Hall–Kier alpha value is -1.72. The number of nitrogens with zero attached hydrogens (tertiary/aromatic N) is 1. The normalized spacial score (nSPS) is 22.9. The van der Waals surface area contributed by atoms with Crippen LogP contribution in [0.25, 0.3) is 0 Å². The van der Waals surface area contributed by atoms with Crippen LogP contribution in [0.3, 0.4) is 0 Å². The average molecular weight is 365 g/mol. The molecule has 2 N–H and O–H groups in total. The highest BCUT2D eigenvalue weighted by molar-refractivity contribution is 6.31. The Labute approximate surface area is 153 Å². The molecule has 0 unspecified atom stereocenters. The number of benzene rings is 1. The Morgan fingerprint density at radius 3 is 2.76 bits per heavy atom. The smallest absolute Gasteiger partial charge is 0.404 e. The van der Waals surface area contributed by atoms with Gasteiger partial charge in [-0.2, -0.15) is 0 Å². The van der Waals surface area contributed by atoms with E-state index in [2.05, 4.69) is 17.5 Å². The highest BCUT2D eigenvalue weighted by atomic mass is 35.5. The molecule has 1 saturated heterocycles. The molecule has 1 amide bonds. The van der Waals surface area contributed by atoms with E-state index in [0.717, 1.165) is 42.1 Å². The lowest BCUT2D eigenvalue weighted by Gasteiger charge is -2.47. The number of aryl methyl sites for hydroxylation is 1. The van der Waals surface area contributed by atoms with E-state index in [-0.39, 0.29) is 6.10 Å². The summed E-state index contributed by atoms with van der Waals surface area (Å²) in [7, 11) is 0. The zero-order chi connectivity index (χ0) is 18.0. The number of likely N-dealkylation sites (tertiary alicyclic amines) is 1. The molecule has 0 atom stereocenters. The van der Waals surface area contributed by atoms with Gasteiger partial charge in [-0.05, 0) is 48.8 Å². The number of carbonyl (C=O) groups excluding carboxylic acids is 1. The summed E-state index contributed by atoms with van der Waals surface area (Å²) < 4.78 is 10.8. The van der Waals surface area contributed by atoms with E-state index in [1.54, 1.807) is 0 Å². The molecule has 1 aliphatic carbocycles. The fourth-order valence-corrected chi connectivity index (χ4v) is 3.65. The Bertz CT molecular complexity index is 652. The Balaban J connectivity index is 1.34. The number of nitrogens with two attached hydrogens (primary N) is 1. The largest absolute Gasteiger partial charge is 0.449 e. The monoisotopic (exact) mass is 364 g/mol. The second-order valence-corrected chi connectivity index (χ2v) is 7.50. The maximum absolute atomic E-state index is 10.6. The fraction of sp³-hybridized carbons (Fsp3) is 0.526. The lowest BCUT2D eigenvalue weighted by molar-refractivity contribution is -0.0567. The molecule has 1 aromatic rings. The van der Waals surface area contributed by atoms with Crippen molar-refractivity contribution in [1.29, 1.82) is 0 Å². The number of amides is 1. The molecule has 1 heterocycles. The number of rotatable bonds is 7. The molecule has 0 bridgehead atoms. The number of allylic oxidation sites excluding steroid dienone is 1. The van der Waals surface area contributed by atoms with Crippen LogP contribution in [0.15, 0.2) is 30.5 Å². The molecule has 1 aliphatic heterocycles. The third-order valence-corrected chi connectivity index (χ3v) is 5.46. The van der Waals surface area contributed by atoms with Gasteiger partial charge in [-0.15, -0.1) is 0 Å². The lowest BCUT2D eigenvalue weighted by Crippen LogP contribution is -2.53. The van der Waals surface area contributed by atoms with Gasteiger partial charge in [0.25, 0.3) is 0 Å². The van der Waals surface area contributed by atoms with Crippen molar-refractivity contribution in [2.75, 3.05) is 19.7 Å². The average Bonchev–Trinajstić information content (AvgIpc) is 2.45. The molecule has 5 nitrogen and oxygen atoms in total. The van der Waals surface area contributed by atoms with E-state index in [4.69, 9.17) is 26.8 Å².